The Bertz CT molecular complexity index is 373. The molecule has 0 spiro atoms. The molecule has 1 fully saturated rings. The minimum absolute atomic E-state index is 0.190. The van der Waals surface area contributed by atoms with E-state index in [-0.39, 0.29) is 5.82 Å². The third-order valence-electron chi connectivity index (χ3n) is 3.68. The highest BCUT2D eigenvalue weighted by Crippen LogP contribution is 2.19. The molecule has 100 valence electrons. The topological polar surface area (TPSA) is 12.0 Å². The van der Waals surface area contributed by atoms with Crippen molar-refractivity contribution in [3.8, 4) is 0 Å². The van der Waals surface area contributed by atoms with Crippen LogP contribution in [0.25, 0.3) is 0 Å². The SMILES string of the molecule is Fc1ccc(CNC2CCCCCCC2)cc1Br. The Morgan fingerprint density at radius 2 is 1.78 bits per heavy atom. The van der Waals surface area contributed by atoms with Crippen LogP contribution in [0, 0.1) is 5.82 Å². The van der Waals surface area contributed by atoms with Crippen molar-refractivity contribution in [3.05, 3.63) is 34.1 Å². The minimum Gasteiger partial charge on any atom is -0.310 e. The van der Waals surface area contributed by atoms with E-state index in [0.29, 0.717) is 10.5 Å². The molecule has 0 radical (unpaired) electrons. The number of rotatable bonds is 3. The fourth-order valence-electron chi connectivity index (χ4n) is 2.57. The highest BCUT2D eigenvalue weighted by atomic mass is 79.9. The van der Waals surface area contributed by atoms with Crippen LogP contribution in [0.4, 0.5) is 4.39 Å². The lowest BCUT2D eigenvalue weighted by Crippen LogP contribution is -2.29. The van der Waals surface area contributed by atoms with E-state index in [0.717, 1.165) is 12.1 Å². The Morgan fingerprint density at radius 3 is 2.44 bits per heavy atom. The third-order valence-corrected chi connectivity index (χ3v) is 4.29. The number of hydrogen-bond acceptors (Lipinski definition) is 1. The average molecular weight is 314 g/mol. The van der Waals surface area contributed by atoms with Gasteiger partial charge in [0.15, 0.2) is 0 Å². The Balaban J connectivity index is 1.83. The highest BCUT2D eigenvalue weighted by molar-refractivity contribution is 9.10. The molecule has 0 atom stereocenters. The van der Waals surface area contributed by atoms with Crippen LogP contribution in [-0.2, 0) is 6.54 Å². The van der Waals surface area contributed by atoms with Gasteiger partial charge in [-0.3, -0.25) is 0 Å². The highest BCUT2D eigenvalue weighted by Gasteiger charge is 2.10. The lowest BCUT2D eigenvalue weighted by molar-refractivity contribution is 0.389. The van der Waals surface area contributed by atoms with E-state index in [9.17, 15) is 4.39 Å². The molecule has 1 aliphatic rings. The zero-order valence-corrected chi connectivity index (χ0v) is 12.3. The standard InChI is InChI=1S/C15H21BrFN/c16-14-10-12(8-9-15(14)17)11-18-13-6-4-2-1-3-5-7-13/h8-10,13,18H,1-7,11H2. The minimum atomic E-state index is -0.190. The second-order valence-corrected chi connectivity index (χ2v) is 6.03. The summed E-state index contributed by atoms with van der Waals surface area (Å²) in [5, 5.41) is 3.61. The van der Waals surface area contributed by atoms with E-state index in [1.165, 1.54) is 51.0 Å². The predicted molar refractivity (Wildman–Crippen MR) is 77.0 cm³/mol. The van der Waals surface area contributed by atoms with Crippen molar-refractivity contribution in [1.82, 2.24) is 5.32 Å². The molecule has 2 rings (SSSR count). The molecule has 0 bridgehead atoms. The second-order valence-electron chi connectivity index (χ2n) is 5.17. The predicted octanol–water partition coefficient (Wildman–Crippen LogP) is 4.79. The monoisotopic (exact) mass is 313 g/mol. The van der Waals surface area contributed by atoms with Gasteiger partial charge in [0.1, 0.15) is 5.82 Å². The molecular weight excluding hydrogens is 293 g/mol. The molecule has 1 aromatic carbocycles. The molecule has 0 aromatic heterocycles. The van der Waals surface area contributed by atoms with Crippen molar-refractivity contribution in [3.63, 3.8) is 0 Å². The molecule has 0 aliphatic heterocycles. The summed E-state index contributed by atoms with van der Waals surface area (Å²) >= 11 is 3.23. The number of halogens is 2. The average Bonchev–Trinajstić information content (AvgIpc) is 2.32. The summed E-state index contributed by atoms with van der Waals surface area (Å²) in [5.41, 5.74) is 1.14. The Hall–Kier alpha value is -0.410. The van der Waals surface area contributed by atoms with Crippen molar-refractivity contribution in [1.29, 1.82) is 0 Å². The molecule has 18 heavy (non-hydrogen) atoms. The molecular formula is C15H21BrFN. The molecule has 0 heterocycles. The summed E-state index contributed by atoms with van der Waals surface area (Å²) in [5.74, 6) is -0.190. The van der Waals surface area contributed by atoms with Crippen molar-refractivity contribution in [2.45, 2.75) is 57.5 Å². The molecule has 1 aliphatic carbocycles. The van der Waals surface area contributed by atoms with Crippen LogP contribution in [-0.4, -0.2) is 6.04 Å². The van der Waals surface area contributed by atoms with E-state index in [4.69, 9.17) is 0 Å². The van der Waals surface area contributed by atoms with Crippen LogP contribution < -0.4 is 5.32 Å². The summed E-state index contributed by atoms with van der Waals surface area (Å²) in [6, 6.07) is 5.88. The van der Waals surface area contributed by atoms with E-state index in [1.807, 2.05) is 12.1 Å². The summed E-state index contributed by atoms with van der Waals surface area (Å²) in [6.07, 6.45) is 9.39. The number of benzene rings is 1. The van der Waals surface area contributed by atoms with Gasteiger partial charge in [0.05, 0.1) is 4.47 Å². The molecule has 0 saturated heterocycles. The first-order chi connectivity index (χ1) is 8.75. The maximum Gasteiger partial charge on any atom is 0.137 e. The van der Waals surface area contributed by atoms with E-state index >= 15 is 0 Å². The Kier molecular flexibility index (Phi) is 5.64. The molecule has 1 aromatic rings. The van der Waals surface area contributed by atoms with Gasteiger partial charge in [0.2, 0.25) is 0 Å². The maximum absolute atomic E-state index is 13.1. The molecule has 1 N–H and O–H groups in total. The fourth-order valence-corrected chi connectivity index (χ4v) is 3.00. The zero-order valence-electron chi connectivity index (χ0n) is 10.7. The second kappa shape index (κ2) is 7.25. The quantitative estimate of drug-likeness (QED) is 0.846. The smallest absolute Gasteiger partial charge is 0.137 e. The first-order valence-electron chi connectivity index (χ1n) is 6.93. The molecule has 3 heteroatoms. The van der Waals surface area contributed by atoms with Crippen LogP contribution in [0.15, 0.2) is 22.7 Å². The van der Waals surface area contributed by atoms with Crippen molar-refractivity contribution >= 4 is 15.9 Å². The summed E-state index contributed by atoms with van der Waals surface area (Å²) in [4.78, 5) is 0. The van der Waals surface area contributed by atoms with Crippen molar-refractivity contribution in [2.24, 2.45) is 0 Å². The normalized spacial score (nSPS) is 18.3. The van der Waals surface area contributed by atoms with Crippen molar-refractivity contribution < 1.29 is 4.39 Å². The largest absolute Gasteiger partial charge is 0.310 e. The van der Waals surface area contributed by atoms with Crippen LogP contribution in [0.3, 0.4) is 0 Å². The van der Waals surface area contributed by atoms with Crippen LogP contribution in [0.5, 0.6) is 0 Å². The van der Waals surface area contributed by atoms with Crippen molar-refractivity contribution in [2.75, 3.05) is 0 Å². The number of hydrogen-bond donors (Lipinski definition) is 1. The van der Waals surface area contributed by atoms with Gasteiger partial charge < -0.3 is 5.32 Å². The summed E-state index contributed by atoms with van der Waals surface area (Å²) < 4.78 is 13.7. The molecule has 0 unspecified atom stereocenters. The van der Waals surface area contributed by atoms with Crippen LogP contribution >= 0.6 is 15.9 Å². The van der Waals surface area contributed by atoms with Crippen LogP contribution in [0.1, 0.15) is 50.5 Å². The van der Waals surface area contributed by atoms with Gasteiger partial charge in [-0.25, -0.2) is 4.39 Å². The van der Waals surface area contributed by atoms with Gasteiger partial charge >= 0.3 is 0 Å². The summed E-state index contributed by atoms with van der Waals surface area (Å²) in [6.45, 7) is 0.837. The Morgan fingerprint density at radius 1 is 1.11 bits per heavy atom. The lowest BCUT2D eigenvalue weighted by atomic mass is 9.96. The lowest BCUT2D eigenvalue weighted by Gasteiger charge is -2.21. The van der Waals surface area contributed by atoms with Crippen LogP contribution in [0.2, 0.25) is 0 Å². The summed E-state index contributed by atoms with van der Waals surface area (Å²) in [7, 11) is 0. The molecule has 1 saturated carbocycles. The zero-order chi connectivity index (χ0) is 12.8. The van der Waals surface area contributed by atoms with Gasteiger partial charge in [0.25, 0.3) is 0 Å². The third kappa shape index (κ3) is 4.36. The first-order valence-corrected chi connectivity index (χ1v) is 7.72. The number of nitrogens with one attached hydrogen (secondary N) is 1. The van der Waals surface area contributed by atoms with Gasteiger partial charge in [-0.15, -0.1) is 0 Å². The van der Waals surface area contributed by atoms with Gasteiger partial charge in [-0.05, 0) is 46.5 Å². The van der Waals surface area contributed by atoms with E-state index in [1.54, 1.807) is 0 Å². The van der Waals surface area contributed by atoms with E-state index < -0.39 is 0 Å². The van der Waals surface area contributed by atoms with E-state index in [2.05, 4.69) is 21.2 Å². The van der Waals surface area contributed by atoms with Gasteiger partial charge in [-0.2, -0.15) is 0 Å². The van der Waals surface area contributed by atoms with Gasteiger partial charge in [0, 0.05) is 12.6 Å². The Labute approximate surface area is 117 Å². The fraction of sp³-hybridized carbons (Fsp3) is 0.600. The molecule has 0 amide bonds. The first kappa shape index (κ1) is 14.0. The van der Waals surface area contributed by atoms with Gasteiger partial charge in [-0.1, -0.05) is 38.2 Å². The maximum atomic E-state index is 13.1. The molecule has 1 nitrogen and oxygen atoms in total.